The van der Waals surface area contributed by atoms with Crippen LogP contribution in [-0.2, 0) is 11.8 Å². The van der Waals surface area contributed by atoms with Crippen molar-refractivity contribution in [3.05, 3.63) is 80.5 Å². The first kappa shape index (κ1) is 16.7. The van der Waals surface area contributed by atoms with Crippen LogP contribution in [0.15, 0.2) is 52.4 Å². The highest BCUT2D eigenvalue weighted by Gasteiger charge is 2.39. The molecule has 1 aliphatic carbocycles. The molecule has 130 valence electrons. The number of hydrogen-bond acceptors (Lipinski definition) is 5. The molecule has 0 unspecified atom stereocenters. The SMILES string of the molecule is C=CC(=O)n1nc(C(=O)O)c2c1CC(c1ccsc1)(c1ccsc1)C=C2. The Morgan fingerprint density at radius 2 is 1.88 bits per heavy atom. The van der Waals surface area contributed by atoms with Gasteiger partial charge in [-0.25, -0.2) is 4.79 Å². The van der Waals surface area contributed by atoms with E-state index in [0.717, 1.165) is 17.2 Å². The second-order valence-corrected chi connectivity index (χ2v) is 7.53. The highest BCUT2D eigenvalue weighted by atomic mass is 32.1. The van der Waals surface area contributed by atoms with Gasteiger partial charge in [0.1, 0.15) is 0 Å². The van der Waals surface area contributed by atoms with Crippen molar-refractivity contribution in [1.82, 2.24) is 9.78 Å². The molecule has 0 fully saturated rings. The second-order valence-electron chi connectivity index (χ2n) is 5.97. The molecular formula is C19H14N2O3S2. The second kappa shape index (κ2) is 6.19. The fraction of sp³-hybridized carbons (Fsp3) is 0.105. The zero-order chi connectivity index (χ0) is 18.3. The standard InChI is InChI=1S/C19H14N2O3S2/c1-2-16(22)21-15-9-19(12-4-7-25-10-12,13-5-8-26-11-13)6-3-14(15)17(20-21)18(23)24/h2-8,10-11H,1,9H2,(H,23,24). The van der Waals surface area contributed by atoms with Gasteiger partial charge < -0.3 is 5.11 Å². The molecule has 0 saturated heterocycles. The van der Waals surface area contributed by atoms with Crippen molar-refractivity contribution in [3.8, 4) is 0 Å². The van der Waals surface area contributed by atoms with Crippen LogP contribution in [0, 0.1) is 0 Å². The summed E-state index contributed by atoms with van der Waals surface area (Å²) < 4.78 is 1.17. The summed E-state index contributed by atoms with van der Waals surface area (Å²) in [6.07, 6.45) is 5.40. The summed E-state index contributed by atoms with van der Waals surface area (Å²) in [6.45, 7) is 3.50. The Hall–Kier alpha value is -2.77. The normalized spacial score (nSPS) is 14.8. The first-order chi connectivity index (χ1) is 12.6. The lowest BCUT2D eigenvalue weighted by Crippen LogP contribution is -2.31. The van der Waals surface area contributed by atoms with E-state index in [2.05, 4.69) is 34.6 Å². The van der Waals surface area contributed by atoms with E-state index in [1.807, 2.05) is 16.8 Å². The number of thiophene rings is 2. The molecule has 7 heteroatoms. The number of hydrogen-bond donors (Lipinski definition) is 1. The van der Waals surface area contributed by atoms with Crippen molar-refractivity contribution in [2.75, 3.05) is 0 Å². The number of carboxylic acid groups (broad SMARTS) is 1. The largest absolute Gasteiger partial charge is 0.476 e. The maximum Gasteiger partial charge on any atom is 0.357 e. The molecule has 0 amide bonds. The molecule has 26 heavy (non-hydrogen) atoms. The molecule has 0 bridgehead atoms. The fourth-order valence-electron chi connectivity index (χ4n) is 3.39. The molecule has 3 aromatic heterocycles. The quantitative estimate of drug-likeness (QED) is 0.690. The van der Waals surface area contributed by atoms with Gasteiger partial charge in [0.25, 0.3) is 5.91 Å². The summed E-state index contributed by atoms with van der Waals surface area (Å²) in [5.74, 6) is -1.59. The van der Waals surface area contributed by atoms with Crippen molar-refractivity contribution in [3.63, 3.8) is 0 Å². The van der Waals surface area contributed by atoms with Crippen LogP contribution in [-0.4, -0.2) is 26.8 Å². The first-order valence-corrected chi connectivity index (χ1v) is 9.72. The van der Waals surface area contributed by atoms with E-state index in [1.54, 1.807) is 28.7 Å². The van der Waals surface area contributed by atoms with Crippen molar-refractivity contribution in [1.29, 1.82) is 0 Å². The van der Waals surface area contributed by atoms with Crippen LogP contribution in [0.5, 0.6) is 0 Å². The van der Waals surface area contributed by atoms with Crippen LogP contribution in [0.4, 0.5) is 0 Å². The van der Waals surface area contributed by atoms with E-state index in [9.17, 15) is 14.7 Å². The third-order valence-electron chi connectivity index (χ3n) is 4.66. The number of nitrogens with zero attached hydrogens (tertiary/aromatic N) is 2. The number of allylic oxidation sites excluding steroid dienone is 2. The van der Waals surface area contributed by atoms with E-state index in [4.69, 9.17) is 0 Å². The Bertz CT molecular complexity index is 993. The lowest BCUT2D eigenvalue weighted by atomic mass is 9.70. The lowest BCUT2D eigenvalue weighted by molar-refractivity contribution is 0.0689. The molecule has 1 aliphatic rings. The van der Waals surface area contributed by atoms with Gasteiger partial charge in [-0.15, -0.1) is 0 Å². The average Bonchev–Trinajstić information content (AvgIpc) is 3.40. The highest BCUT2D eigenvalue weighted by Crippen LogP contribution is 2.43. The van der Waals surface area contributed by atoms with E-state index in [-0.39, 0.29) is 5.69 Å². The molecule has 5 nitrogen and oxygen atoms in total. The number of carbonyl (C=O) groups is 2. The van der Waals surface area contributed by atoms with Crippen molar-refractivity contribution < 1.29 is 14.7 Å². The Balaban J connectivity index is 1.96. The number of fused-ring (bicyclic) bond motifs is 1. The minimum Gasteiger partial charge on any atom is -0.476 e. The minimum absolute atomic E-state index is 0.115. The zero-order valence-corrected chi connectivity index (χ0v) is 15.2. The summed E-state index contributed by atoms with van der Waals surface area (Å²) in [5, 5.41) is 21.7. The molecule has 3 heterocycles. The maximum atomic E-state index is 12.3. The summed E-state index contributed by atoms with van der Waals surface area (Å²) in [7, 11) is 0. The predicted octanol–water partition coefficient (Wildman–Crippen LogP) is 4.09. The summed E-state index contributed by atoms with van der Waals surface area (Å²) in [6, 6.07) is 4.12. The van der Waals surface area contributed by atoms with Crippen LogP contribution in [0.25, 0.3) is 6.08 Å². The van der Waals surface area contributed by atoms with Crippen LogP contribution in [0.2, 0.25) is 0 Å². The number of carboxylic acids is 1. The lowest BCUT2D eigenvalue weighted by Gasteiger charge is -2.33. The molecule has 0 radical (unpaired) electrons. The number of rotatable bonds is 4. The Morgan fingerprint density at radius 1 is 1.23 bits per heavy atom. The monoisotopic (exact) mass is 382 g/mol. The van der Waals surface area contributed by atoms with Crippen LogP contribution in [0.1, 0.15) is 37.7 Å². The van der Waals surface area contributed by atoms with Crippen molar-refractivity contribution >= 4 is 40.6 Å². The molecule has 0 atom stereocenters. The van der Waals surface area contributed by atoms with Crippen LogP contribution >= 0.6 is 22.7 Å². The maximum absolute atomic E-state index is 12.3. The zero-order valence-electron chi connectivity index (χ0n) is 13.6. The molecule has 0 saturated carbocycles. The number of aromatic nitrogens is 2. The molecule has 0 spiro atoms. The van der Waals surface area contributed by atoms with E-state index < -0.39 is 17.3 Å². The molecule has 0 aromatic carbocycles. The van der Waals surface area contributed by atoms with Gasteiger partial charge in [0.2, 0.25) is 0 Å². The molecule has 0 aliphatic heterocycles. The van der Waals surface area contributed by atoms with Crippen LogP contribution < -0.4 is 0 Å². The number of aromatic carboxylic acids is 1. The van der Waals surface area contributed by atoms with Gasteiger partial charge in [-0.1, -0.05) is 18.7 Å². The van der Waals surface area contributed by atoms with E-state index in [0.29, 0.717) is 17.7 Å². The summed E-state index contributed by atoms with van der Waals surface area (Å²) >= 11 is 3.21. The Morgan fingerprint density at radius 3 is 2.38 bits per heavy atom. The van der Waals surface area contributed by atoms with E-state index in [1.165, 1.54) is 4.68 Å². The summed E-state index contributed by atoms with van der Waals surface area (Å²) in [4.78, 5) is 23.8. The number of carbonyl (C=O) groups excluding carboxylic acids is 1. The van der Waals surface area contributed by atoms with Gasteiger partial charge in [-0.3, -0.25) is 4.79 Å². The van der Waals surface area contributed by atoms with Gasteiger partial charge in [0.05, 0.1) is 5.69 Å². The molecule has 3 aromatic rings. The van der Waals surface area contributed by atoms with Crippen molar-refractivity contribution in [2.24, 2.45) is 0 Å². The molecule has 4 rings (SSSR count). The minimum atomic E-state index is -1.15. The van der Waals surface area contributed by atoms with Crippen molar-refractivity contribution in [2.45, 2.75) is 11.8 Å². The van der Waals surface area contributed by atoms with Gasteiger partial charge >= 0.3 is 5.97 Å². The van der Waals surface area contributed by atoms with Gasteiger partial charge in [0.15, 0.2) is 5.69 Å². The first-order valence-electron chi connectivity index (χ1n) is 7.83. The van der Waals surface area contributed by atoms with Gasteiger partial charge in [-0.2, -0.15) is 32.5 Å². The van der Waals surface area contributed by atoms with Gasteiger partial charge in [-0.05, 0) is 50.9 Å². The third kappa shape index (κ3) is 2.40. The topological polar surface area (TPSA) is 72.2 Å². The Labute approximate surface area is 157 Å². The average molecular weight is 382 g/mol. The smallest absolute Gasteiger partial charge is 0.357 e. The fourth-order valence-corrected chi connectivity index (χ4v) is 4.86. The molecule has 1 N–H and O–H groups in total. The third-order valence-corrected chi connectivity index (χ3v) is 6.03. The van der Waals surface area contributed by atoms with Gasteiger partial charge in [0, 0.05) is 17.4 Å². The predicted molar refractivity (Wildman–Crippen MR) is 102 cm³/mol. The van der Waals surface area contributed by atoms with E-state index >= 15 is 0 Å². The Kier molecular flexibility index (Phi) is 3.97. The van der Waals surface area contributed by atoms with Crippen LogP contribution in [0.3, 0.4) is 0 Å². The molecular weight excluding hydrogens is 368 g/mol. The highest BCUT2D eigenvalue weighted by molar-refractivity contribution is 7.08. The summed E-state index contributed by atoms with van der Waals surface area (Å²) in [5.41, 5.74) is 2.72.